The van der Waals surface area contributed by atoms with Gasteiger partial charge in [0.25, 0.3) is 5.91 Å². The van der Waals surface area contributed by atoms with Crippen molar-refractivity contribution in [2.45, 2.75) is 19.4 Å². The van der Waals surface area contributed by atoms with Gasteiger partial charge in [0, 0.05) is 19.7 Å². The number of anilines is 1. The summed E-state index contributed by atoms with van der Waals surface area (Å²) in [6.45, 7) is 3.80. The Labute approximate surface area is 111 Å². The van der Waals surface area contributed by atoms with Gasteiger partial charge < -0.3 is 15.4 Å². The third kappa shape index (κ3) is 3.89. The molecule has 0 aliphatic heterocycles. The number of halogens is 2. The molecule has 0 atom stereocenters. The highest BCUT2D eigenvalue weighted by Crippen LogP contribution is 2.20. The Bertz CT molecular complexity index is 453. The van der Waals surface area contributed by atoms with Crippen molar-refractivity contribution in [3.63, 3.8) is 0 Å². The Morgan fingerprint density at radius 2 is 1.84 bits per heavy atom. The van der Waals surface area contributed by atoms with Crippen LogP contribution in [0.2, 0.25) is 0 Å². The molecule has 0 spiro atoms. The number of hydrogen-bond acceptors (Lipinski definition) is 3. The first-order valence-electron chi connectivity index (χ1n) is 5.79. The van der Waals surface area contributed by atoms with Gasteiger partial charge in [-0.15, -0.1) is 0 Å². The number of carbonyl (C=O) groups excluding carboxylic acids is 1. The van der Waals surface area contributed by atoms with E-state index < -0.39 is 23.1 Å². The molecule has 0 bridgehead atoms. The van der Waals surface area contributed by atoms with Crippen LogP contribution >= 0.6 is 0 Å². The summed E-state index contributed by atoms with van der Waals surface area (Å²) in [6.07, 6.45) is 0. The molecule has 0 aromatic heterocycles. The van der Waals surface area contributed by atoms with Gasteiger partial charge in [-0.05, 0) is 26.0 Å². The predicted octanol–water partition coefficient (Wildman–Crippen LogP) is 2.16. The van der Waals surface area contributed by atoms with E-state index in [0.29, 0.717) is 0 Å². The highest BCUT2D eigenvalue weighted by atomic mass is 19.1. The molecule has 0 saturated carbocycles. The summed E-state index contributed by atoms with van der Waals surface area (Å²) < 4.78 is 32.0. The van der Waals surface area contributed by atoms with Crippen molar-refractivity contribution < 1.29 is 18.3 Å². The smallest absolute Gasteiger partial charge is 0.251 e. The van der Waals surface area contributed by atoms with E-state index in [-0.39, 0.29) is 17.9 Å². The van der Waals surface area contributed by atoms with Gasteiger partial charge in [-0.1, -0.05) is 0 Å². The molecule has 1 aromatic carbocycles. The van der Waals surface area contributed by atoms with Crippen LogP contribution in [-0.4, -0.2) is 32.2 Å². The second kappa shape index (κ2) is 5.97. The summed E-state index contributed by atoms with van der Waals surface area (Å²) in [5, 5.41) is 5.04. The van der Waals surface area contributed by atoms with Crippen LogP contribution in [0.4, 0.5) is 14.5 Å². The van der Waals surface area contributed by atoms with Gasteiger partial charge in [-0.3, -0.25) is 4.79 Å². The molecule has 106 valence electrons. The number of hydrogen-bond donors (Lipinski definition) is 2. The monoisotopic (exact) mass is 272 g/mol. The molecule has 0 heterocycles. The van der Waals surface area contributed by atoms with E-state index in [1.54, 1.807) is 13.8 Å². The minimum absolute atomic E-state index is 0.0711. The Morgan fingerprint density at radius 1 is 1.32 bits per heavy atom. The standard InChI is InChI=1S/C13H18F2N2O2/c1-13(2,7-19-4)17-12(18)8-5-9(14)11(16-3)10(15)6-8/h5-6,16H,7H2,1-4H3,(H,17,18). The summed E-state index contributed by atoms with van der Waals surface area (Å²) in [4.78, 5) is 11.9. The number of carbonyl (C=O) groups is 1. The SMILES string of the molecule is CNc1c(F)cc(C(=O)NC(C)(C)COC)cc1F. The van der Waals surface area contributed by atoms with E-state index in [1.165, 1.54) is 14.2 Å². The summed E-state index contributed by atoms with van der Waals surface area (Å²) in [7, 11) is 2.91. The van der Waals surface area contributed by atoms with Crippen molar-refractivity contribution in [1.82, 2.24) is 5.32 Å². The molecule has 19 heavy (non-hydrogen) atoms. The molecule has 1 aromatic rings. The molecule has 0 unspecified atom stereocenters. The number of rotatable bonds is 5. The van der Waals surface area contributed by atoms with Crippen LogP contribution in [0.15, 0.2) is 12.1 Å². The van der Waals surface area contributed by atoms with E-state index in [9.17, 15) is 13.6 Å². The summed E-state index contributed by atoms with van der Waals surface area (Å²) in [5.41, 5.74) is -0.952. The number of amides is 1. The summed E-state index contributed by atoms with van der Waals surface area (Å²) in [6, 6.07) is 1.99. The van der Waals surface area contributed by atoms with Crippen LogP contribution in [0.1, 0.15) is 24.2 Å². The van der Waals surface area contributed by atoms with Crippen molar-refractivity contribution in [1.29, 1.82) is 0 Å². The molecular formula is C13H18F2N2O2. The van der Waals surface area contributed by atoms with Crippen molar-refractivity contribution in [2.75, 3.05) is 26.1 Å². The number of nitrogens with one attached hydrogen (secondary N) is 2. The zero-order valence-electron chi connectivity index (χ0n) is 11.4. The average molecular weight is 272 g/mol. The molecule has 6 heteroatoms. The highest BCUT2D eigenvalue weighted by molar-refractivity contribution is 5.95. The number of methoxy groups -OCH3 is 1. The van der Waals surface area contributed by atoms with Gasteiger partial charge in [0.1, 0.15) is 17.3 Å². The summed E-state index contributed by atoms with van der Waals surface area (Å²) >= 11 is 0. The van der Waals surface area contributed by atoms with Crippen LogP contribution in [0.25, 0.3) is 0 Å². The van der Waals surface area contributed by atoms with Gasteiger partial charge in [-0.2, -0.15) is 0 Å². The second-order valence-electron chi connectivity index (χ2n) is 4.84. The number of ether oxygens (including phenoxy) is 1. The highest BCUT2D eigenvalue weighted by Gasteiger charge is 2.22. The first-order chi connectivity index (χ1) is 8.80. The molecule has 0 radical (unpaired) electrons. The third-order valence-corrected chi connectivity index (χ3v) is 2.51. The van der Waals surface area contributed by atoms with E-state index in [0.717, 1.165) is 12.1 Å². The first kappa shape index (κ1) is 15.4. The molecule has 0 aliphatic carbocycles. The van der Waals surface area contributed by atoms with Gasteiger partial charge in [0.2, 0.25) is 0 Å². The molecular weight excluding hydrogens is 254 g/mol. The quantitative estimate of drug-likeness (QED) is 0.863. The van der Waals surface area contributed by atoms with E-state index >= 15 is 0 Å². The minimum atomic E-state index is -0.808. The Balaban J connectivity index is 2.95. The molecule has 0 aliphatic rings. The first-order valence-corrected chi connectivity index (χ1v) is 5.79. The Kier molecular flexibility index (Phi) is 4.83. The second-order valence-corrected chi connectivity index (χ2v) is 4.84. The molecule has 2 N–H and O–H groups in total. The lowest BCUT2D eigenvalue weighted by Gasteiger charge is -2.25. The normalized spacial score (nSPS) is 11.3. The fourth-order valence-corrected chi connectivity index (χ4v) is 1.72. The fourth-order valence-electron chi connectivity index (χ4n) is 1.72. The van der Waals surface area contributed by atoms with Crippen LogP contribution in [0.3, 0.4) is 0 Å². The lowest BCUT2D eigenvalue weighted by Crippen LogP contribution is -2.46. The van der Waals surface area contributed by atoms with Crippen molar-refractivity contribution in [3.8, 4) is 0 Å². The zero-order valence-corrected chi connectivity index (χ0v) is 11.4. The topological polar surface area (TPSA) is 50.4 Å². The Morgan fingerprint density at radius 3 is 2.26 bits per heavy atom. The third-order valence-electron chi connectivity index (χ3n) is 2.51. The van der Waals surface area contributed by atoms with Gasteiger partial charge in [0.15, 0.2) is 0 Å². The minimum Gasteiger partial charge on any atom is -0.383 e. The average Bonchev–Trinajstić information content (AvgIpc) is 2.27. The fraction of sp³-hybridized carbons (Fsp3) is 0.462. The number of benzene rings is 1. The lowest BCUT2D eigenvalue weighted by molar-refractivity contribution is 0.0819. The van der Waals surface area contributed by atoms with Gasteiger partial charge in [0.05, 0.1) is 12.1 Å². The lowest BCUT2D eigenvalue weighted by atomic mass is 10.1. The predicted molar refractivity (Wildman–Crippen MR) is 69.3 cm³/mol. The van der Waals surface area contributed by atoms with Crippen molar-refractivity contribution >= 4 is 11.6 Å². The maximum Gasteiger partial charge on any atom is 0.251 e. The maximum absolute atomic E-state index is 13.5. The zero-order chi connectivity index (χ0) is 14.6. The largest absolute Gasteiger partial charge is 0.383 e. The van der Waals surface area contributed by atoms with E-state index in [4.69, 9.17) is 4.74 Å². The van der Waals surface area contributed by atoms with Gasteiger partial charge >= 0.3 is 0 Å². The van der Waals surface area contributed by atoms with Crippen LogP contribution in [0.5, 0.6) is 0 Å². The maximum atomic E-state index is 13.5. The summed E-state index contributed by atoms with van der Waals surface area (Å²) in [5.74, 6) is -2.17. The van der Waals surface area contributed by atoms with Crippen molar-refractivity contribution in [3.05, 3.63) is 29.3 Å². The van der Waals surface area contributed by atoms with E-state index in [2.05, 4.69) is 10.6 Å². The van der Waals surface area contributed by atoms with Crippen molar-refractivity contribution in [2.24, 2.45) is 0 Å². The van der Waals surface area contributed by atoms with Crippen LogP contribution in [-0.2, 0) is 4.74 Å². The molecule has 1 amide bonds. The van der Waals surface area contributed by atoms with E-state index in [1.807, 2.05) is 0 Å². The molecule has 0 fully saturated rings. The molecule has 0 saturated heterocycles. The molecule has 4 nitrogen and oxygen atoms in total. The van der Waals surface area contributed by atoms with Crippen LogP contribution in [0, 0.1) is 11.6 Å². The van der Waals surface area contributed by atoms with Gasteiger partial charge in [-0.25, -0.2) is 8.78 Å². The van der Waals surface area contributed by atoms with Crippen LogP contribution < -0.4 is 10.6 Å². The Hall–Kier alpha value is -1.69. The molecule has 1 rings (SSSR count).